The molecule has 0 bridgehead atoms. The Kier molecular flexibility index (Phi) is 4.30. The SMILES string of the molecule is CC(C)c1cc(Cl)cc(NC2CCOCC2)c1. The first-order valence-electron chi connectivity index (χ1n) is 6.30. The van der Waals surface area contributed by atoms with E-state index in [1.165, 1.54) is 5.56 Å². The van der Waals surface area contributed by atoms with Crippen molar-refractivity contribution >= 4 is 17.3 Å². The number of ether oxygens (including phenoxy) is 1. The van der Waals surface area contributed by atoms with E-state index in [-0.39, 0.29) is 0 Å². The molecule has 1 aromatic rings. The quantitative estimate of drug-likeness (QED) is 0.877. The van der Waals surface area contributed by atoms with Crippen molar-refractivity contribution in [2.75, 3.05) is 18.5 Å². The lowest BCUT2D eigenvalue weighted by Gasteiger charge is -2.24. The van der Waals surface area contributed by atoms with E-state index in [9.17, 15) is 0 Å². The van der Waals surface area contributed by atoms with Crippen LogP contribution in [0.25, 0.3) is 0 Å². The van der Waals surface area contributed by atoms with Gasteiger partial charge in [-0.1, -0.05) is 25.4 Å². The van der Waals surface area contributed by atoms with Crippen LogP contribution in [0.1, 0.15) is 38.2 Å². The van der Waals surface area contributed by atoms with Gasteiger partial charge in [0.15, 0.2) is 0 Å². The lowest BCUT2D eigenvalue weighted by Crippen LogP contribution is -2.27. The van der Waals surface area contributed by atoms with Crippen LogP contribution in [0.2, 0.25) is 5.02 Å². The van der Waals surface area contributed by atoms with Crippen molar-refractivity contribution in [1.82, 2.24) is 0 Å². The molecule has 2 rings (SSSR count). The fourth-order valence-electron chi connectivity index (χ4n) is 2.11. The largest absolute Gasteiger partial charge is 0.382 e. The lowest BCUT2D eigenvalue weighted by molar-refractivity contribution is 0.0904. The maximum atomic E-state index is 6.15. The standard InChI is InChI=1S/C14H20ClNO/c1-10(2)11-7-12(15)9-14(8-11)16-13-3-5-17-6-4-13/h7-10,13,16H,3-6H2,1-2H3. The van der Waals surface area contributed by atoms with Crippen LogP contribution >= 0.6 is 11.6 Å². The first-order valence-corrected chi connectivity index (χ1v) is 6.67. The molecule has 1 N–H and O–H groups in total. The number of hydrogen-bond acceptors (Lipinski definition) is 2. The zero-order valence-corrected chi connectivity index (χ0v) is 11.3. The topological polar surface area (TPSA) is 21.3 Å². The molecule has 0 amide bonds. The fourth-order valence-corrected chi connectivity index (χ4v) is 2.35. The highest BCUT2D eigenvalue weighted by Gasteiger charge is 2.14. The van der Waals surface area contributed by atoms with Crippen molar-refractivity contribution in [2.45, 2.75) is 38.6 Å². The summed E-state index contributed by atoms with van der Waals surface area (Å²) in [5.74, 6) is 0.504. The third-order valence-electron chi connectivity index (χ3n) is 3.18. The van der Waals surface area contributed by atoms with E-state index >= 15 is 0 Å². The average molecular weight is 254 g/mol. The minimum Gasteiger partial charge on any atom is -0.382 e. The summed E-state index contributed by atoms with van der Waals surface area (Å²) in [5, 5.41) is 4.36. The molecule has 1 heterocycles. The van der Waals surface area contributed by atoms with Crippen LogP contribution in [0.4, 0.5) is 5.69 Å². The Balaban J connectivity index is 2.09. The van der Waals surface area contributed by atoms with Crippen LogP contribution in [-0.4, -0.2) is 19.3 Å². The van der Waals surface area contributed by atoms with Crippen molar-refractivity contribution in [1.29, 1.82) is 0 Å². The van der Waals surface area contributed by atoms with E-state index in [0.29, 0.717) is 12.0 Å². The Labute approximate surface area is 108 Å². The molecule has 1 aliphatic heterocycles. The number of anilines is 1. The van der Waals surface area contributed by atoms with Crippen molar-refractivity contribution in [3.8, 4) is 0 Å². The monoisotopic (exact) mass is 253 g/mol. The number of halogens is 1. The molecule has 0 aliphatic carbocycles. The maximum absolute atomic E-state index is 6.15. The third-order valence-corrected chi connectivity index (χ3v) is 3.40. The normalized spacial score (nSPS) is 17.4. The predicted octanol–water partition coefficient (Wildman–Crippen LogP) is 4.05. The molecule has 1 aliphatic rings. The molecule has 3 heteroatoms. The zero-order chi connectivity index (χ0) is 12.3. The van der Waals surface area contributed by atoms with Gasteiger partial charge < -0.3 is 10.1 Å². The predicted molar refractivity (Wildman–Crippen MR) is 73.0 cm³/mol. The molecule has 0 unspecified atom stereocenters. The third kappa shape index (κ3) is 3.62. The Morgan fingerprint density at radius 1 is 1.24 bits per heavy atom. The van der Waals surface area contributed by atoms with Crippen molar-refractivity contribution in [3.63, 3.8) is 0 Å². The molecule has 0 radical (unpaired) electrons. The number of benzene rings is 1. The van der Waals surface area contributed by atoms with Gasteiger partial charge in [-0.25, -0.2) is 0 Å². The van der Waals surface area contributed by atoms with Crippen LogP contribution in [0.3, 0.4) is 0 Å². The molecule has 0 atom stereocenters. The van der Waals surface area contributed by atoms with Gasteiger partial charge in [-0.15, -0.1) is 0 Å². The van der Waals surface area contributed by atoms with E-state index in [0.717, 1.165) is 36.8 Å². The van der Waals surface area contributed by atoms with Gasteiger partial charge in [0.2, 0.25) is 0 Å². The molecule has 0 spiro atoms. The van der Waals surface area contributed by atoms with Gasteiger partial charge in [0.05, 0.1) is 0 Å². The molecule has 1 fully saturated rings. The first-order chi connectivity index (χ1) is 8.15. The second-order valence-electron chi connectivity index (χ2n) is 4.96. The van der Waals surface area contributed by atoms with Crippen LogP contribution in [0.5, 0.6) is 0 Å². The first kappa shape index (κ1) is 12.7. The van der Waals surface area contributed by atoms with Crippen LogP contribution in [0, 0.1) is 0 Å². The van der Waals surface area contributed by atoms with Crippen molar-refractivity contribution in [2.24, 2.45) is 0 Å². The summed E-state index contributed by atoms with van der Waals surface area (Å²) >= 11 is 6.15. The van der Waals surface area contributed by atoms with E-state index < -0.39 is 0 Å². The molecule has 2 nitrogen and oxygen atoms in total. The Morgan fingerprint density at radius 3 is 2.59 bits per heavy atom. The Morgan fingerprint density at radius 2 is 1.94 bits per heavy atom. The van der Waals surface area contributed by atoms with Crippen molar-refractivity contribution < 1.29 is 4.74 Å². The lowest BCUT2D eigenvalue weighted by atomic mass is 10.0. The van der Waals surface area contributed by atoms with Crippen LogP contribution in [0.15, 0.2) is 18.2 Å². The molecular formula is C14H20ClNO. The number of hydrogen-bond donors (Lipinski definition) is 1. The fraction of sp³-hybridized carbons (Fsp3) is 0.571. The van der Waals surface area contributed by atoms with E-state index in [4.69, 9.17) is 16.3 Å². The molecular weight excluding hydrogens is 234 g/mol. The highest BCUT2D eigenvalue weighted by Crippen LogP contribution is 2.25. The van der Waals surface area contributed by atoms with E-state index in [1.54, 1.807) is 0 Å². The van der Waals surface area contributed by atoms with Gasteiger partial charge >= 0.3 is 0 Å². The molecule has 1 saturated heterocycles. The average Bonchev–Trinajstić information content (AvgIpc) is 2.29. The minimum atomic E-state index is 0.504. The number of rotatable bonds is 3. The molecule has 1 aromatic carbocycles. The molecule has 94 valence electrons. The van der Waals surface area contributed by atoms with Gasteiger partial charge in [0.1, 0.15) is 0 Å². The summed E-state index contributed by atoms with van der Waals surface area (Å²) in [7, 11) is 0. The Bertz CT molecular complexity index is 372. The summed E-state index contributed by atoms with van der Waals surface area (Å²) in [6.45, 7) is 6.08. The van der Waals surface area contributed by atoms with Gasteiger partial charge in [-0.05, 0) is 42.5 Å². The molecule has 0 aromatic heterocycles. The smallest absolute Gasteiger partial charge is 0.0485 e. The summed E-state index contributed by atoms with van der Waals surface area (Å²) in [6, 6.07) is 6.76. The minimum absolute atomic E-state index is 0.504. The van der Waals surface area contributed by atoms with Gasteiger partial charge in [0, 0.05) is 30.0 Å². The molecule has 17 heavy (non-hydrogen) atoms. The van der Waals surface area contributed by atoms with Crippen LogP contribution in [-0.2, 0) is 4.74 Å². The van der Waals surface area contributed by atoms with E-state index in [1.807, 2.05) is 12.1 Å². The zero-order valence-electron chi connectivity index (χ0n) is 10.5. The molecule has 0 saturated carbocycles. The van der Waals surface area contributed by atoms with Crippen LogP contribution < -0.4 is 5.32 Å². The second kappa shape index (κ2) is 5.74. The summed E-state index contributed by atoms with van der Waals surface area (Å²) in [4.78, 5) is 0. The number of nitrogens with one attached hydrogen (secondary N) is 1. The summed E-state index contributed by atoms with van der Waals surface area (Å²) in [6.07, 6.45) is 2.15. The second-order valence-corrected chi connectivity index (χ2v) is 5.40. The summed E-state index contributed by atoms with van der Waals surface area (Å²) in [5.41, 5.74) is 2.42. The highest BCUT2D eigenvalue weighted by molar-refractivity contribution is 6.30. The van der Waals surface area contributed by atoms with Gasteiger partial charge in [-0.3, -0.25) is 0 Å². The Hall–Kier alpha value is -0.730. The van der Waals surface area contributed by atoms with E-state index in [2.05, 4.69) is 25.2 Å². The highest BCUT2D eigenvalue weighted by atomic mass is 35.5. The summed E-state index contributed by atoms with van der Waals surface area (Å²) < 4.78 is 5.36. The van der Waals surface area contributed by atoms with Gasteiger partial charge in [-0.2, -0.15) is 0 Å². The maximum Gasteiger partial charge on any atom is 0.0485 e. The van der Waals surface area contributed by atoms with Gasteiger partial charge in [0.25, 0.3) is 0 Å². The van der Waals surface area contributed by atoms with Crippen molar-refractivity contribution in [3.05, 3.63) is 28.8 Å².